The smallest absolute Gasteiger partial charge is 0.306 e. The minimum absolute atomic E-state index is 0.0812. The molecule has 0 saturated heterocycles. The van der Waals surface area contributed by atoms with E-state index in [1.165, 1.54) is 193 Å². The molecule has 0 aromatic heterocycles. The van der Waals surface area contributed by atoms with Crippen LogP contribution in [0.3, 0.4) is 0 Å². The fraction of sp³-hybridized carbons (Fsp3) is 0.753. The number of rotatable bonds is 65. The van der Waals surface area contributed by atoms with E-state index in [9.17, 15) is 14.4 Å². The molecule has 0 aliphatic heterocycles. The van der Waals surface area contributed by atoms with Gasteiger partial charge in [0.1, 0.15) is 13.2 Å². The Labute approximate surface area is 515 Å². The SMILES string of the molecule is CC/C=C\C/C=C\C/C=C\C/C=C\C/C=C\CCCCCCCCCCCC(=O)OCC(COC(=O)CCCCCCCCC/C=C\C/C=C\C/C=C\CC)OC(=O)CCCCCCCCCCCCCCCCCCCCCCCCC. The highest BCUT2D eigenvalue weighted by atomic mass is 16.6. The third kappa shape index (κ3) is 69.0. The van der Waals surface area contributed by atoms with Gasteiger partial charge in [-0.05, 0) is 96.3 Å². The number of esters is 3. The van der Waals surface area contributed by atoms with E-state index in [0.29, 0.717) is 19.3 Å². The number of carbonyl (C=O) groups is 3. The molecule has 1 unspecified atom stereocenters. The first kappa shape index (κ1) is 79.3. The van der Waals surface area contributed by atoms with Gasteiger partial charge >= 0.3 is 17.9 Å². The Balaban J connectivity index is 4.35. The van der Waals surface area contributed by atoms with E-state index < -0.39 is 6.10 Å². The molecule has 0 aliphatic carbocycles. The Bertz CT molecular complexity index is 1610. The second-order valence-electron chi connectivity index (χ2n) is 23.7. The standard InChI is InChI=1S/C77H134O6/c1-4-7-10-13-16-19-22-25-28-31-33-35-37-38-40-41-43-46-49-52-55-58-61-64-67-70-76(79)82-73-74(72-81-75(78)69-66-63-60-57-54-51-48-45-30-27-24-21-18-15-12-9-6-3)83-77(80)71-68-65-62-59-56-53-50-47-44-42-39-36-34-32-29-26-23-20-17-14-11-8-5-2/h7,9-10,12,16,18-19,21,25,27-28,30,33,35,38,40,74H,4-6,8,11,13-15,17,20,22-24,26,29,31-32,34,36-37,39,41-73H2,1-3H3/b10-7-,12-9-,19-16-,21-18-,28-25-,30-27-,35-33-,40-38-. The predicted octanol–water partition coefficient (Wildman–Crippen LogP) is 24.8. The molecule has 0 radical (unpaired) electrons. The normalized spacial score (nSPS) is 12.7. The van der Waals surface area contributed by atoms with Crippen molar-refractivity contribution >= 4 is 17.9 Å². The highest BCUT2D eigenvalue weighted by Crippen LogP contribution is 2.18. The highest BCUT2D eigenvalue weighted by Gasteiger charge is 2.19. The highest BCUT2D eigenvalue weighted by molar-refractivity contribution is 5.71. The fourth-order valence-corrected chi connectivity index (χ4v) is 10.3. The van der Waals surface area contributed by atoms with E-state index in [-0.39, 0.29) is 31.1 Å². The molecule has 0 saturated carbocycles. The van der Waals surface area contributed by atoms with Crippen LogP contribution < -0.4 is 0 Å². The maximum atomic E-state index is 13.0. The molecule has 1 atom stereocenters. The van der Waals surface area contributed by atoms with Crippen molar-refractivity contribution in [2.45, 2.75) is 361 Å². The Morgan fingerprint density at radius 2 is 0.470 bits per heavy atom. The molecule has 0 bridgehead atoms. The molecule has 6 nitrogen and oxygen atoms in total. The molecule has 0 spiro atoms. The zero-order valence-corrected chi connectivity index (χ0v) is 54.9. The summed E-state index contributed by atoms with van der Waals surface area (Å²) >= 11 is 0. The van der Waals surface area contributed by atoms with Gasteiger partial charge in [-0.1, -0.05) is 336 Å². The first-order chi connectivity index (χ1) is 41.0. The fourth-order valence-electron chi connectivity index (χ4n) is 10.3. The lowest BCUT2D eigenvalue weighted by atomic mass is 10.0. The van der Waals surface area contributed by atoms with Gasteiger partial charge in [0.25, 0.3) is 0 Å². The van der Waals surface area contributed by atoms with Crippen molar-refractivity contribution in [3.05, 3.63) is 97.2 Å². The Morgan fingerprint density at radius 3 is 0.735 bits per heavy atom. The van der Waals surface area contributed by atoms with Gasteiger partial charge in [-0.15, -0.1) is 0 Å². The summed E-state index contributed by atoms with van der Waals surface area (Å²) in [6, 6.07) is 0. The summed E-state index contributed by atoms with van der Waals surface area (Å²) in [7, 11) is 0. The summed E-state index contributed by atoms with van der Waals surface area (Å²) in [6.45, 7) is 6.46. The second-order valence-corrected chi connectivity index (χ2v) is 23.7. The van der Waals surface area contributed by atoms with Crippen LogP contribution in [0.4, 0.5) is 0 Å². The van der Waals surface area contributed by atoms with Gasteiger partial charge in [0.05, 0.1) is 0 Å². The Morgan fingerprint density at radius 1 is 0.253 bits per heavy atom. The molecule has 0 aromatic rings. The van der Waals surface area contributed by atoms with Crippen LogP contribution in [0.1, 0.15) is 355 Å². The van der Waals surface area contributed by atoms with Crippen LogP contribution in [0, 0.1) is 0 Å². The van der Waals surface area contributed by atoms with E-state index in [4.69, 9.17) is 14.2 Å². The number of hydrogen-bond acceptors (Lipinski definition) is 6. The van der Waals surface area contributed by atoms with Crippen LogP contribution >= 0.6 is 0 Å². The minimum atomic E-state index is -0.786. The lowest BCUT2D eigenvalue weighted by molar-refractivity contribution is -0.167. The van der Waals surface area contributed by atoms with Crippen LogP contribution in [0.15, 0.2) is 97.2 Å². The van der Waals surface area contributed by atoms with Crippen LogP contribution in [0.5, 0.6) is 0 Å². The van der Waals surface area contributed by atoms with Gasteiger partial charge < -0.3 is 14.2 Å². The summed E-state index contributed by atoms with van der Waals surface area (Å²) in [5, 5.41) is 0. The average molecular weight is 1160 g/mol. The van der Waals surface area contributed by atoms with E-state index in [1.54, 1.807) is 0 Å². The first-order valence-corrected chi connectivity index (χ1v) is 35.7. The number of unbranched alkanes of at least 4 members (excludes halogenated alkanes) is 38. The van der Waals surface area contributed by atoms with Crippen molar-refractivity contribution in [2.24, 2.45) is 0 Å². The molecule has 0 aliphatic rings. The number of allylic oxidation sites excluding steroid dienone is 16. The van der Waals surface area contributed by atoms with Crippen LogP contribution in [0.2, 0.25) is 0 Å². The first-order valence-electron chi connectivity index (χ1n) is 35.7. The van der Waals surface area contributed by atoms with Crippen molar-refractivity contribution < 1.29 is 28.6 Å². The zero-order chi connectivity index (χ0) is 59.9. The van der Waals surface area contributed by atoms with Crippen molar-refractivity contribution in [3.63, 3.8) is 0 Å². The molecule has 478 valence electrons. The van der Waals surface area contributed by atoms with Crippen LogP contribution in [0.25, 0.3) is 0 Å². The van der Waals surface area contributed by atoms with Gasteiger partial charge in [0, 0.05) is 19.3 Å². The van der Waals surface area contributed by atoms with Gasteiger partial charge in [-0.3, -0.25) is 14.4 Å². The van der Waals surface area contributed by atoms with Crippen molar-refractivity contribution in [1.82, 2.24) is 0 Å². The lowest BCUT2D eigenvalue weighted by Crippen LogP contribution is -2.30. The van der Waals surface area contributed by atoms with E-state index >= 15 is 0 Å². The van der Waals surface area contributed by atoms with Crippen LogP contribution in [-0.2, 0) is 28.6 Å². The van der Waals surface area contributed by atoms with Gasteiger partial charge in [0.2, 0.25) is 0 Å². The molecular weight excluding hydrogens is 1020 g/mol. The summed E-state index contributed by atoms with van der Waals surface area (Å²) in [4.78, 5) is 38.5. The third-order valence-corrected chi connectivity index (χ3v) is 15.6. The summed E-state index contributed by atoms with van der Waals surface area (Å²) < 4.78 is 17.0. The molecule has 0 N–H and O–H groups in total. The molecule has 0 heterocycles. The van der Waals surface area contributed by atoms with E-state index in [2.05, 4.69) is 118 Å². The molecule has 0 rings (SSSR count). The molecule has 0 fully saturated rings. The van der Waals surface area contributed by atoms with E-state index in [0.717, 1.165) is 122 Å². The summed E-state index contributed by atoms with van der Waals surface area (Å²) in [6.07, 6.45) is 95.7. The molecular formula is C77H134O6. The number of ether oxygens (including phenoxy) is 3. The van der Waals surface area contributed by atoms with E-state index in [1.807, 2.05) is 0 Å². The van der Waals surface area contributed by atoms with Gasteiger partial charge in [0.15, 0.2) is 6.10 Å². The average Bonchev–Trinajstić information content (AvgIpc) is 3.49. The Hall–Kier alpha value is -3.67. The third-order valence-electron chi connectivity index (χ3n) is 15.6. The molecule has 6 heteroatoms. The Kier molecular flexibility index (Phi) is 67.7. The monoisotopic (exact) mass is 1160 g/mol. The molecule has 0 amide bonds. The molecule has 83 heavy (non-hydrogen) atoms. The van der Waals surface area contributed by atoms with Gasteiger partial charge in [-0.2, -0.15) is 0 Å². The summed E-state index contributed by atoms with van der Waals surface area (Å²) in [5.41, 5.74) is 0. The minimum Gasteiger partial charge on any atom is -0.462 e. The van der Waals surface area contributed by atoms with Crippen molar-refractivity contribution in [1.29, 1.82) is 0 Å². The van der Waals surface area contributed by atoms with Crippen molar-refractivity contribution in [2.75, 3.05) is 13.2 Å². The predicted molar refractivity (Wildman–Crippen MR) is 362 cm³/mol. The van der Waals surface area contributed by atoms with Gasteiger partial charge in [-0.25, -0.2) is 0 Å². The quantitative estimate of drug-likeness (QED) is 0.0261. The second kappa shape index (κ2) is 70.8. The maximum absolute atomic E-state index is 13.0. The largest absolute Gasteiger partial charge is 0.462 e. The number of hydrogen-bond donors (Lipinski definition) is 0. The molecule has 0 aromatic carbocycles. The maximum Gasteiger partial charge on any atom is 0.306 e. The number of carbonyl (C=O) groups excluding carboxylic acids is 3. The lowest BCUT2D eigenvalue weighted by Gasteiger charge is -2.18. The zero-order valence-electron chi connectivity index (χ0n) is 54.9. The van der Waals surface area contributed by atoms with Crippen molar-refractivity contribution in [3.8, 4) is 0 Å². The van der Waals surface area contributed by atoms with Crippen LogP contribution in [-0.4, -0.2) is 37.2 Å². The topological polar surface area (TPSA) is 78.9 Å². The summed E-state index contributed by atoms with van der Waals surface area (Å²) in [5.74, 6) is -0.877.